The Labute approximate surface area is 119 Å². The number of hydrogen-bond donors (Lipinski definition) is 0. The number of aldehydes is 1. The van der Waals surface area contributed by atoms with Crippen molar-refractivity contribution in [2.24, 2.45) is 0 Å². The number of nitro groups is 1. The fourth-order valence-electron chi connectivity index (χ4n) is 2.25. The standard InChI is InChI=1S/C15H11N3O3/c1-10-4-6-11(7-5-10)14-13(9-19)17-8-2-3-12(18(20)21)15(17)16-14/h2-9H,1H3. The summed E-state index contributed by atoms with van der Waals surface area (Å²) < 4.78 is 1.44. The Morgan fingerprint density at radius 3 is 2.57 bits per heavy atom. The van der Waals surface area contributed by atoms with Crippen LogP contribution in [0.5, 0.6) is 0 Å². The molecule has 0 aliphatic carbocycles. The highest BCUT2D eigenvalue weighted by atomic mass is 16.6. The molecule has 1 aromatic carbocycles. The van der Waals surface area contributed by atoms with E-state index >= 15 is 0 Å². The van der Waals surface area contributed by atoms with Gasteiger partial charge in [0, 0.05) is 17.8 Å². The Morgan fingerprint density at radius 1 is 1.24 bits per heavy atom. The van der Waals surface area contributed by atoms with Gasteiger partial charge in [-0.05, 0) is 13.0 Å². The minimum atomic E-state index is -0.504. The highest BCUT2D eigenvalue weighted by Gasteiger charge is 2.20. The first kappa shape index (κ1) is 13.0. The quantitative estimate of drug-likeness (QED) is 0.420. The van der Waals surface area contributed by atoms with Gasteiger partial charge in [0.2, 0.25) is 5.65 Å². The normalized spacial score (nSPS) is 10.7. The van der Waals surface area contributed by atoms with Crippen LogP contribution >= 0.6 is 0 Å². The molecule has 104 valence electrons. The van der Waals surface area contributed by atoms with Gasteiger partial charge in [-0.15, -0.1) is 0 Å². The van der Waals surface area contributed by atoms with Gasteiger partial charge in [-0.25, -0.2) is 4.98 Å². The smallest absolute Gasteiger partial charge is 0.296 e. The molecule has 0 atom stereocenters. The van der Waals surface area contributed by atoms with Crippen LogP contribution in [0.25, 0.3) is 16.9 Å². The van der Waals surface area contributed by atoms with Crippen LogP contribution in [-0.4, -0.2) is 20.6 Å². The number of benzene rings is 1. The van der Waals surface area contributed by atoms with Gasteiger partial charge in [-0.1, -0.05) is 29.8 Å². The van der Waals surface area contributed by atoms with E-state index < -0.39 is 4.92 Å². The molecular weight excluding hydrogens is 270 g/mol. The third-order valence-corrected chi connectivity index (χ3v) is 3.30. The van der Waals surface area contributed by atoms with E-state index in [0.717, 1.165) is 11.1 Å². The Morgan fingerprint density at radius 2 is 1.95 bits per heavy atom. The molecule has 0 unspecified atom stereocenters. The molecule has 0 aliphatic rings. The number of carbonyl (C=O) groups is 1. The second-order valence-electron chi connectivity index (χ2n) is 4.67. The summed E-state index contributed by atoms with van der Waals surface area (Å²) in [4.78, 5) is 26.3. The molecule has 6 heteroatoms. The zero-order valence-corrected chi connectivity index (χ0v) is 11.2. The van der Waals surface area contributed by atoms with Crippen molar-refractivity contribution in [3.63, 3.8) is 0 Å². The summed E-state index contributed by atoms with van der Waals surface area (Å²) in [6.45, 7) is 1.96. The summed E-state index contributed by atoms with van der Waals surface area (Å²) in [5.74, 6) is 0. The number of imidazole rings is 1. The third-order valence-electron chi connectivity index (χ3n) is 3.30. The second kappa shape index (κ2) is 4.82. The van der Waals surface area contributed by atoms with Crippen LogP contribution < -0.4 is 0 Å². The Bertz CT molecular complexity index is 850. The molecule has 2 aromatic heterocycles. The average molecular weight is 281 g/mol. The van der Waals surface area contributed by atoms with E-state index in [0.29, 0.717) is 17.7 Å². The number of aromatic nitrogens is 2. The molecule has 0 bridgehead atoms. The molecule has 3 rings (SSSR count). The first-order valence-corrected chi connectivity index (χ1v) is 6.29. The molecular formula is C15H11N3O3. The van der Waals surface area contributed by atoms with Gasteiger partial charge in [0.05, 0.1) is 4.92 Å². The number of pyridine rings is 1. The van der Waals surface area contributed by atoms with Gasteiger partial charge >= 0.3 is 5.69 Å². The lowest BCUT2D eigenvalue weighted by atomic mass is 10.1. The maximum Gasteiger partial charge on any atom is 0.312 e. The molecule has 6 nitrogen and oxygen atoms in total. The highest BCUT2D eigenvalue weighted by molar-refractivity contribution is 5.87. The molecule has 0 N–H and O–H groups in total. The monoisotopic (exact) mass is 281 g/mol. The Kier molecular flexibility index (Phi) is 2.98. The van der Waals surface area contributed by atoms with Crippen molar-refractivity contribution >= 4 is 17.6 Å². The highest BCUT2D eigenvalue weighted by Crippen LogP contribution is 2.27. The molecule has 0 aliphatic heterocycles. The SMILES string of the molecule is Cc1ccc(-c2nc3c([N+](=O)[O-])cccn3c2C=O)cc1. The zero-order valence-electron chi connectivity index (χ0n) is 11.2. The van der Waals surface area contributed by atoms with Crippen molar-refractivity contribution in [3.8, 4) is 11.3 Å². The van der Waals surface area contributed by atoms with Crippen molar-refractivity contribution in [1.29, 1.82) is 0 Å². The molecule has 0 saturated heterocycles. The topological polar surface area (TPSA) is 77.5 Å². The zero-order chi connectivity index (χ0) is 15.0. The lowest BCUT2D eigenvalue weighted by Crippen LogP contribution is -1.95. The van der Waals surface area contributed by atoms with E-state index in [2.05, 4.69) is 4.98 Å². The minimum absolute atomic E-state index is 0.126. The van der Waals surface area contributed by atoms with Crippen LogP contribution in [0.15, 0.2) is 42.6 Å². The number of rotatable bonds is 3. The lowest BCUT2D eigenvalue weighted by molar-refractivity contribution is -0.383. The van der Waals surface area contributed by atoms with Crippen molar-refractivity contribution < 1.29 is 9.72 Å². The predicted molar refractivity (Wildman–Crippen MR) is 77.4 cm³/mol. The van der Waals surface area contributed by atoms with Crippen LogP contribution in [0.2, 0.25) is 0 Å². The first-order chi connectivity index (χ1) is 10.1. The third kappa shape index (κ3) is 2.06. The fraction of sp³-hybridized carbons (Fsp3) is 0.0667. The predicted octanol–water partition coefficient (Wildman–Crippen LogP) is 3.03. The van der Waals surface area contributed by atoms with Crippen LogP contribution in [0, 0.1) is 17.0 Å². The number of fused-ring (bicyclic) bond motifs is 1. The Hall–Kier alpha value is -3.02. The summed E-state index contributed by atoms with van der Waals surface area (Å²) in [7, 11) is 0. The van der Waals surface area contributed by atoms with Crippen molar-refractivity contribution in [2.45, 2.75) is 6.92 Å². The molecule has 2 heterocycles. The van der Waals surface area contributed by atoms with Crippen LogP contribution in [0.4, 0.5) is 5.69 Å². The molecule has 21 heavy (non-hydrogen) atoms. The van der Waals surface area contributed by atoms with Crippen molar-refractivity contribution in [3.05, 3.63) is 64.0 Å². The van der Waals surface area contributed by atoms with Gasteiger partial charge in [-0.3, -0.25) is 19.3 Å². The molecule has 0 saturated carbocycles. The summed E-state index contributed by atoms with van der Waals surface area (Å²) in [5.41, 5.74) is 2.62. The van der Waals surface area contributed by atoms with Gasteiger partial charge in [0.1, 0.15) is 11.4 Å². The maximum absolute atomic E-state index is 11.4. The van der Waals surface area contributed by atoms with E-state index in [1.807, 2.05) is 31.2 Å². The molecule has 0 radical (unpaired) electrons. The van der Waals surface area contributed by atoms with Gasteiger partial charge in [-0.2, -0.15) is 0 Å². The van der Waals surface area contributed by atoms with Gasteiger partial charge < -0.3 is 0 Å². The van der Waals surface area contributed by atoms with Gasteiger partial charge in [0.25, 0.3) is 0 Å². The van der Waals surface area contributed by atoms with Crippen LogP contribution in [0.3, 0.4) is 0 Å². The van der Waals surface area contributed by atoms with E-state index in [1.165, 1.54) is 16.5 Å². The molecule has 0 amide bonds. The fourth-order valence-corrected chi connectivity index (χ4v) is 2.25. The molecule has 3 aromatic rings. The lowest BCUT2D eigenvalue weighted by Gasteiger charge is -1.99. The second-order valence-corrected chi connectivity index (χ2v) is 4.67. The largest absolute Gasteiger partial charge is 0.312 e. The summed E-state index contributed by atoms with van der Waals surface area (Å²) in [6, 6.07) is 10.4. The summed E-state index contributed by atoms with van der Waals surface area (Å²) in [6.07, 6.45) is 2.26. The number of carbonyl (C=O) groups excluding carboxylic acids is 1. The molecule has 0 spiro atoms. The number of hydrogen-bond acceptors (Lipinski definition) is 4. The van der Waals surface area contributed by atoms with E-state index in [4.69, 9.17) is 0 Å². The summed E-state index contributed by atoms with van der Waals surface area (Å²) in [5, 5.41) is 11.1. The Balaban J connectivity index is 2.33. The first-order valence-electron chi connectivity index (χ1n) is 6.29. The van der Waals surface area contributed by atoms with Crippen LogP contribution in [0.1, 0.15) is 16.1 Å². The van der Waals surface area contributed by atoms with Crippen molar-refractivity contribution in [1.82, 2.24) is 9.38 Å². The summed E-state index contributed by atoms with van der Waals surface area (Å²) >= 11 is 0. The van der Waals surface area contributed by atoms with E-state index in [9.17, 15) is 14.9 Å². The van der Waals surface area contributed by atoms with Gasteiger partial charge in [0.15, 0.2) is 6.29 Å². The van der Waals surface area contributed by atoms with E-state index in [1.54, 1.807) is 6.20 Å². The average Bonchev–Trinajstić information content (AvgIpc) is 2.86. The number of aryl methyl sites for hydroxylation is 1. The maximum atomic E-state index is 11.4. The van der Waals surface area contributed by atoms with Crippen molar-refractivity contribution in [2.75, 3.05) is 0 Å². The molecule has 0 fully saturated rings. The minimum Gasteiger partial charge on any atom is -0.296 e. The van der Waals surface area contributed by atoms with Crippen LogP contribution in [-0.2, 0) is 0 Å². The number of nitrogens with zero attached hydrogens (tertiary/aromatic N) is 3. The van der Waals surface area contributed by atoms with E-state index in [-0.39, 0.29) is 11.3 Å².